The van der Waals surface area contributed by atoms with Gasteiger partial charge in [-0.3, -0.25) is 4.98 Å². The highest BCUT2D eigenvalue weighted by atomic mass is 16.5. The van der Waals surface area contributed by atoms with E-state index >= 15 is 0 Å². The van der Waals surface area contributed by atoms with Crippen molar-refractivity contribution in [1.29, 1.82) is 0 Å². The number of hydrogen-bond acceptors (Lipinski definition) is 4. The van der Waals surface area contributed by atoms with E-state index < -0.39 is 0 Å². The van der Waals surface area contributed by atoms with E-state index in [4.69, 9.17) is 4.74 Å². The fourth-order valence-corrected chi connectivity index (χ4v) is 3.75. The summed E-state index contributed by atoms with van der Waals surface area (Å²) in [4.78, 5) is 12.1. The molecule has 4 heterocycles. The minimum Gasteiger partial charge on any atom is -0.378 e. The molecule has 1 fully saturated rings. The lowest BCUT2D eigenvalue weighted by atomic mass is 9.94. The number of pyridine rings is 2. The molecule has 0 amide bonds. The molecule has 1 aromatic carbocycles. The Labute approximate surface area is 151 Å². The maximum Gasteiger partial charge on any atom is 0.137 e. The van der Waals surface area contributed by atoms with Crippen LogP contribution in [0.4, 0.5) is 0 Å². The van der Waals surface area contributed by atoms with Crippen LogP contribution in [-0.4, -0.2) is 34.7 Å². The Morgan fingerprint density at radius 3 is 2.96 bits per heavy atom. The number of ether oxygens (including phenoxy) is 1. The maximum absolute atomic E-state index is 5.70. The van der Waals surface area contributed by atoms with E-state index in [1.165, 1.54) is 16.5 Å². The molecule has 1 atom stereocenters. The number of aryl methyl sites for hydroxylation is 1. The fourth-order valence-electron chi connectivity index (χ4n) is 3.75. The zero-order valence-corrected chi connectivity index (χ0v) is 14.6. The van der Waals surface area contributed by atoms with Gasteiger partial charge in [0.2, 0.25) is 0 Å². The van der Waals surface area contributed by atoms with E-state index in [9.17, 15) is 0 Å². The molecule has 0 bridgehead atoms. The van der Waals surface area contributed by atoms with Gasteiger partial charge in [-0.1, -0.05) is 0 Å². The topological polar surface area (TPSA) is 62.8 Å². The SMILES string of the molecule is Cc1c[nH]c2ncc(-c3cc(C4COCCN4)c4ccncc4c3)cc12. The number of fused-ring (bicyclic) bond motifs is 2. The van der Waals surface area contributed by atoms with E-state index in [0.717, 1.165) is 40.7 Å². The summed E-state index contributed by atoms with van der Waals surface area (Å²) in [6.07, 6.45) is 7.72. The van der Waals surface area contributed by atoms with E-state index in [0.29, 0.717) is 6.61 Å². The first kappa shape index (κ1) is 15.5. The first-order chi connectivity index (χ1) is 12.8. The molecule has 1 aliphatic rings. The minimum absolute atomic E-state index is 0.194. The predicted octanol–water partition coefficient (Wildman–Crippen LogP) is 3.75. The van der Waals surface area contributed by atoms with Crippen LogP contribution in [0.3, 0.4) is 0 Å². The Kier molecular flexibility index (Phi) is 3.69. The number of benzene rings is 1. The largest absolute Gasteiger partial charge is 0.378 e. The summed E-state index contributed by atoms with van der Waals surface area (Å²) in [7, 11) is 0. The summed E-state index contributed by atoms with van der Waals surface area (Å²) < 4.78 is 5.70. The van der Waals surface area contributed by atoms with Gasteiger partial charge in [-0.25, -0.2) is 4.98 Å². The number of H-pyrrole nitrogens is 1. The Morgan fingerprint density at radius 2 is 2.08 bits per heavy atom. The smallest absolute Gasteiger partial charge is 0.137 e. The monoisotopic (exact) mass is 344 g/mol. The van der Waals surface area contributed by atoms with Crippen LogP contribution >= 0.6 is 0 Å². The number of nitrogens with one attached hydrogen (secondary N) is 2. The molecule has 0 spiro atoms. The van der Waals surface area contributed by atoms with Crippen LogP contribution in [0.5, 0.6) is 0 Å². The van der Waals surface area contributed by atoms with Gasteiger partial charge >= 0.3 is 0 Å². The van der Waals surface area contributed by atoms with Crippen LogP contribution in [0.25, 0.3) is 32.9 Å². The van der Waals surface area contributed by atoms with Crippen molar-refractivity contribution in [2.45, 2.75) is 13.0 Å². The molecule has 5 heteroatoms. The lowest BCUT2D eigenvalue weighted by Crippen LogP contribution is -2.34. The van der Waals surface area contributed by atoms with Gasteiger partial charge in [0.15, 0.2) is 0 Å². The van der Waals surface area contributed by atoms with Crippen LogP contribution in [0.15, 0.2) is 49.1 Å². The average molecular weight is 344 g/mol. The summed E-state index contributed by atoms with van der Waals surface area (Å²) in [6, 6.07) is 8.95. The molecule has 0 saturated carbocycles. The number of morpholine rings is 1. The highest BCUT2D eigenvalue weighted by Crippen LogP contribution is 2.32. The van der Waals surface area contributed by atoms with Crippen LogP contribution in [-0.2, 0) is 4.74 Å². The van der Waals surface area contributed by atoms with Gasteiger partial charge < -0.3 is 15.0 Å². The quantitative estimate of drug-likeness (QED) is 0.581. The average Bonchev–Trinajstić information content (AvgIpc) is 3.08. The molecule has 0 aliphatic carbocycles. The van der Waals surface area contributed by atoms with Gasteiger partial charge in [0.05, 0.1) is 19.3 Å². The standard InChI is InChI=1S/C21H20N4O/c1-13-9-24-21-18(13)8-15(11-25-21)14-6-16-10-22-3-2-17(16)19(7-14)20-12-26-5-4-23-20/h2-3,6-11,20,23H,4-5,12H2,1H3,(H,24,25). The molecule has 3 aromatic heterocycles. The second-order valence-corrected chi connectivity index (χ2v) is 6.84. The van der Waals surface area contributed by atoms with Gasteiger partial charge in [-0.2, -0.15) is 0 Å². The molecule has 1 unspecified atom stereocenters. The molecule has 5 nitrogen and oxygen atoms in total. The van der Waals surface area contributed by atoms with E-state index in [-0.39, 0.29) is 6.04 Å². The zero-order chi connectivity index (χ0) is 17.5. The molecule has 4 aromatic rings. The molecule has 26 heavy (non-hydrogen) atoms. The van der Waals surface area contributed by atoms with Gasteiger partial charge in [0.1, 0.15) is 5.65 Å². The van der Waals surface area contributed by atoms with Gasteiger partial charge in [-0.15, -0.1) is 0 Å². The lowest BCUT2D eigenvalue weighted by molar-refractivity contribution is 0.0773. The Hall–Kier alpha value is -2.76. The number of aromatic amines is 1. The Bertz CT molecular complexity index is 1100. The van der Waals surface area contributed by atoms with Crippen molar-refractivity contribution in [3.63, 3.8) is 0 Å². The summed E-state index contributed by atoms with van der Waals surface area (Å²) in [5, 5.41) is 7.09. The molecular formula is C21H20N4O. The van der Waals surface area contributed by atoms with Crippen molar-refractivity contribution in [3.05, 3.63) is 60.2 Å². The van der Waals surface area contributed by atoms with Crippen molar-refractivity contribution in [1.82, 2.24) is 20.3 Å². The first-order valence-electron chi connectivity index (χ1n) is 8.92. The number of aromatic nitrogens is 3. The van der Waals surface area contributed by atoms with Gasteiger partial charge in [0.25, 0.3) is 0 Å². The molecule has 5 rings (SSSR count). The zero-order valence-electron chi connectivity index (χ0n) is 14.6. The fraction of sp³-hybridized carbons (Fsp3) is 0.238. The summed E-state index contributed by atoms with van der Waals surface area (Å²) in [6.45, 7) is 4.43. The normalized spacial score (nSPS) is 17.8. The van der Waals surface area contributed by atoms with E-state index in [2.05, 4.69) is 51.5 Å². The third-order valence-electron chi connectivity index (χ3n) is 5.15. The van der Waals surface area contributed by atoms with Crippen molar-refractivity contribution in [3.8, 4) is 11.1 Å². The molecular weight excluding hydrogens is 324 g/mol. The summed E-state index contributed by atoms with van der Waals surface area (Å²) in [5.74, 6) is 0. The predicted molar refractivity (Wildman–Crippen MR) is 103 cm³/mol. The van der Waals surface area contributed by atoms with Crippen molar-refractivity contribution < 1.29 is 4.74 Å². The van der Waals surface area contributed by atoms with Crippen molar-refractivity contribution >= 4 is 21.8 Å². The number of rotatable bonds is 2. The molecule has 130 valence electrons. The summed E-state index contributed by atoms with van der Waals surface area (Å²) in [5.41, 5.74) is 5.66. The highest BCUT2D eigenvalue weighted by molar-refractivity contribution is 5.92. The number of hydrogen-bond donors (Lipinski definition) is 2. The molecule has 0 radical (unpaired) electrons. The third kappa shape index (κ3) is 2.57. The van der Waals surface area contributed by atoms with Gasteiger partial charge in [0, 0.05) is 47.7 Å². The molecule has 2 N–H and O–H groups in total. The summed E-state index contributed by atoms with van der Waals surface area (Å²) >= 11 is 0. The Balaban J connectivity index is 1.70. The Morgan fingerprint density at radius 1 is 1.12 bits per heavy atom. The van der Waals surface area contributed by atoms with Crippen LogP contribution < -0.4 is 5.32 Å². The minimum atomic E-state index is 0.194. The van der Waals surface area contributed by atoms with E-state index in [1.807, 2.05) is 24.8 Å². The molecule has 1 saturated heterocycles. The second kappa shape index (κ2) is 6.20. The van der Waals surface area contributed by atoms with Gasteiger partial charge in [-0.05, 0) is 53.3 Å². The maximum atomic E-state index is 5.70. The van der Waals surface area contributed by atoms with Crippen molar-refractivity contribution in [2.24, 2.45) is 0 Å². The van der Waals surface area contributed by atoms with Crippen LogP contribution in [0.2, 0.25) is 0 Å². The third-order valence-corrected chi connectivity index (χ3v) is 5.15. The first-order valence-corrected chi connectivity index (χ1v) is 8.92. The number of nitrogens with zero attached hydrogens (tertiary/aromatic N) is 2. The lowest BCUT2D eigenvalue weighted by Gasteiger charge is -2.26. The van der Waals surface area contributed by atoms with Crippen molar-refractivity contribution in [2.75, 3.05) is 19.8 Å². The van der Waals surface area contributed by atoms with Crippen LogP contribution in [0.1, 0.15) is 17.2 Å². The highest BCUT2D eigenvalue weighted by Gasteiger charge is 2.19. The van der Waals surface area contributed by atoms with E-state index in [1.54, 1.807) is 0 Å². The van der Waals surface area contributed by atoms with Crippen LogP contribution in [0, 0.1) is 6.92 Å². The molecule has 1 aliphatic heterocycles. The second-order valence-electron chi connectivity index (χ2n) is 6.84.